The highest BCUT2D eigenvalue weighted by atomic mass is 35.5. The zero-order chi connectivity index (χ0) is 23.1. The number of aryl methyl sites for hydroxylation is 1. The van der Waals surface area contributed by atoms with Gasteiger partial charge >= 0.3 is 0 Å². The van der Waals surface area contributed by atoms with E-state index in [0.717, 1.165) is 0 Å². The number of benzene rings is 1. The van der Waals surface area contributed by atoms with Crippen LogP contribution in [-0.4, -0.2) is 30.8 Å². The van der Waals surface area contributed by atoms with E-state index in [9.17, 15) is 10.1 Å². The van der Waals surface area contributed by atoms with Gasteiger partial charge in [0.2, 0.25) is 5.88 Å². The summed E-state index contributed by atoms with van der Waals surface area (Å²) in [6, 6.07) is 12.2. The van der Waals surface area contributed by atoms with Crippen molar-refractivity contribution < 1.29 is 18.7 Å². The van der Waals surface area contributed by atoms with E-state index in [1.165, 1.54) is 13.3 Å². The van der Waals surface area contributed by atoms with Crippen molar-refractivity contribution in [3.63, 3.8) is 0 Å². The Bertz CT molecular complexity index is 1200. The van der Waals surface area contributed by atoms with Crippen LogP contribution in [0.1, 0.15) is 22.6 Å². The average molecular weight is 473 g/mol. The summed E-state index contributed by atoms with van der Waals surface area (Å²) in [6.07, 6.45) is 1.34. The summed E-state index contributed by atoms with van der Waals surface area (Å²) < 4.78 is 16.2. The Hall–Kier alpha value is -3.38. The van der Waals surface area contributed by atoms with Gasteiger partial charge in [0.05, 0.1) is 17.8 Å². The van der Waals surface area contributed by atoms with E-state index < -0.39 is 5.91 Å². The van der Waals surface area contributed by atoms with E-state index in [1.807, 2.05) is 6.07 Å². The Morgan fingerprint density at radius 1 is 1.31 bits per heavy atom. The van der Waals surface area contributed by atoms with Gasteiger partial charge in [-0.3, -0.25) is 4.79 Å². The zero-order valence-electron chi connectivity index (χ0n) is 17.2. The quantitative estimate of drug-likeness (QED) is 0.381. The van der Waals surface area contributed by atoms with Gasteiger partial charge < -0.3 is 13.9 Å². The molecular weight excluding hydrogens is 455 g/mol. The first kappa shape index (κ1) is 23.3. The van der Waals surface area contributed by atoms with Gasteiger partial charge in [-0.15, -0.1) is 0 Å². The number of carbonyl (C=O) groups is 1. The second-order valence-electron chi connectivity index (χ2n) is 6.56. The summed E-state index contributed by atoms with van der Waals surface area (Å²) in [7, 11) is 1.52. The summed E-state index contributed by atoms with van der Waals surface area (Å²) in [5.41, 5.74) is 4.50. The smallest absolute Gasteiger partial charge is 0.278 e. The molecule has 164 valence electrons. The lowest BCUT2D eigenvalue weighted by molar-refractivity contribution is -0.123. The first-order valence-electron chi connectivity index (χ1n) is 9.30. The van der Waals surface area contributed by atoms with Gasteiger partial charge in [0.25, 0.3) is 5.91 Å². The number of nitriles is 1. The van der Waals surface area contributed by atoms with Gasteiger partial charge in [0, 0.05) is 29.0 Å². The van der Waals surface area contributed by atoms with Crippen LogP contribution in [0.5, 0.6) is 5.88 Å². The Balaban J connectivity index is 1.59. The monoisotopic (exact) mass is 472 g/mol. The number of ether oxygens (including phenoxy) is 2. The maximum atomic E-state index is 12.1. The Labute approximate surface area is 194 Å². The number of methoxy groups -OCH3 is 1. The number of nitrogens with zero attached hydrogens (tertiary/aromatic N) is 3. The first-order chi connectivity index (χ1) is 15.4. The summed E-state index contributed by atoms with van der Waals surface area (Å²) >= 11 is 12.1. The molecule has 0 bridgehead atoms. The fraction of sp³-hybridized carbons (Fsp3) is 0.182. The Morgan fingerprint density at radius 3 is 2.84 bits per heavy atom. The molecule has 1 amide bonds. The normalized spacial score (nSPS) is 10.8. The number of hydrogen-bond donors (Lipinski definition) is 1. The number of hydrazone groups is 1. The molecule has 1 aromatic carbocycles. The minimum atomic E-state index is -0.533. The number of amides is 1. The van der Waals surface area contributed by atoms with Crippen LogP contribution in [0.4, 0.5) is 0 Å². The average Bonchev–Trinajstić information content (AvgIpc) is 3.21. The highest BCUT2D eigenvalue weighted by Crippen LogP contribution is 2.31. The Kier molecular flexibility index (Phi) is 7.84. The predicted molar refractivity (Wildman–Crippen MR) is 120 cm³/mol. The maximum Gasteiger partial charge on any atom is 0.278 e. The molecule has 32 heavy (non-hydrogen) atoms. The third-order valence-corrected chi connectivity index (χ3v) is 4.70. The van der Waals surface area contributed by atoms with Gasteiger partial charge in [-0.05, 0) is 43.3 Å². The number of furan rings is 1. The molecular formula is C22H18Cl2N4O4. The summed E-state index contributed by atoms with van der Waals surface area (Å²) in [6.45, 7) is 1.61. The van der Waals surface area contributed by atoms with Gasteiger partial charge in [-0.25, -0.2) is 10.4 Å². The lowest BCUT2D eigenvalue weighted by Crippen LogP contribution is -2.25. The van der Waals surface area contributed by atoms with Crippen molar-refractivity contribution in [2.75, 3.05) is 13.7 Å². The molecule has 0 radical (unpaired) electrons. The molecule has 2 heterocycles. The van der Waals surface area contributed by atoms with Crippen molar-refractivity contribution in [3.8, 4) is 23.3 Å². The molecule has 0 saturated heterocycles. The first-order valence-corrected chi connectivity index (χ1v) is 10.1. The highest BCUT2D eigenvalue weighted by molar-refractivity contribution is 6.36. The molecule has 0 saturated carbocycles. The van der Waals surface area contributed by atoms with Crippen molar-refractivity contribution in [1.82, 2.24) is 10.4 Å². The number of aromatic nitrogens is 1. The number of halogens is 2. The molecule has 0 aliphatic carbocycles. The van der Waals surface area contributed by atoms with Crippen LogP contribution in [0.25, 0.3) is 11.3 Å². The molecule has 3 rings (SSSR count). The molecule has 3 aromatic rings. The minimum absolute atomic E-state index is 0.0641. The Morgan fingerprint density at radius 2 is 2.12 bits per heavy atom. The predicted octanol–water partition coefficient (Wildman–Crippen LogP) is 4.50. The van der Waals surface area contributed by atoms with Crippen LogP contribution in [0.2, 0.25) is 10.0 Å². The molecule has 0 fully saturated rings. The van der Waals surface area contributed by atoms with Crippen LogP contribution in [-0.2, 0) is 16.1 Å². The third kappa shape index (κ3) is 5.86. The topological polar surface area (TPSA) is 110 Å². The second-order valence-corrected chi connectivity index (χ2v) is 7.40. The van der Waals surface area contributed by atoms with Crippen molar-refractivity contribution in [1.29, 1.82) is 5.26 Å². The van der Waals surface area contributed by atoms with E-state index >= 15 is 0 Å². The zero-order valence-corrected chi connectivity index (χ0v) is 18.7. The number of hydrogen-bond acceptors (Lipinski definition) is 7. The van der Waals surface area contributed by atoms with E-state index in [1.54, 1.807) is 43.3 Å². The van der Waals surface area contributed by atoms with Crippen molar-refractivity contribution in [3.05, 3.63) is 69.0 Å². The molecule has 0 unspecified atom stereocenters. The molecule has 1 N–H and O–H groups in total. The summed E-state index contributed by atoms with van der Waals surface area (Å²) in [5.74, 6) is 0.469. The van der Waals surface area contributed by atoms with Gasteiger partial charge in [-0.2, -0.15) is 10.4 Å². The van der Waals surface area contributed by atoms with E-state index in [2.05, 4.69) is 15.5 Å². The lowest BCUT2D eigenvalue weighted by Gasteiger charge is -2.10. The van der Waals surface area contributed by atoms with E-state index in [0.29, 0.717) is 38.4 Å². The third-order valence-electron chi connectivity index (χ3n) is 4.15. The standard InChI is InChI=1S/C22H18Cl2N4O4/c1-13-7-14(11-30-2)18(9-25)22(27-13)31-12-21(29)28-26-10-16-4-6-20(32-16)17-5-3-15(23)8-19(17)24/h3-8,10H,11-12H2,1-2H3,(H,28,29)/b26-10-. The van der Waals surface area contributed by atoms with Crippen LogP contribution < -0.4 is 10.2 Å². The SMILES string of the molecule is COCc1cc(C)nc(OCC(=O)N/N=C\c2ccc(-c3ccc(Cl)cc3Cl)o2)c1C#N. The molecule has 10 heteroatoms. The largest absolute Gasteiger partial charge is 0.467 e. The van der Waals surface area contributed by atoms with Crippen molar-refractivity contribution in [2.24, 2.45) is 5.10 Å². The van der Waals surface area contributed by atoms with Crippen molar-refractivity contribution >= 4 is 35.3 Å². The molecule has 0 atom stereocenters. The van der Waals surface area contributed by atoms with Crippen LogP contribution in [0.15, 0.2) is 45.9 Å². The lowest BCUT2D eigenvalue weighted by atomic mass is 10.1. The fourth-order valence-electron chi connectivity index (χ4n) is 2.79. The molecule has 0 spiro atoms. The van der Waals surface area contributed by atoms with Crippen LogP contribution in [0, 0.1) is 18.3 Å². The number of nitrogens with one attached hydrogen (secondary N) is 1. The number of rotatable bonds is 8. The van der Waals surface area contributed by atoms with Gasteiger partial charge in [0.15, 0.2) is 6.61 Å². The van der Waals surface area contributed by atoms with Crippen LogP contribution >= 0.6 is 23.2 Å². The molecule has 0 aliphatic heterocycles. The molecule has 8 nitrogen and oxygen atoms in total. The highest BCUT2D eigenvalue weighted by Gasteiger charge is 2.14. The van der Waals surface area contributed by atoms with Crippen LogP contribution in [0.3, 0.4) is 0 Å². The van der Waals surface area contributed by atoms with Gasteiger partial charge in [-0.1, -0.05) is 23.2 Å². The summed E-state index contributed by atoms with van der Waals surface area (Å²) in [4.78, 5) is 16.2. The van der Waals surface area contributed by atoms with E-state index in [4.69, 9.17) is 37.1 Å². The molecule has 0 aliphatic rings. The molecule has 2 aromatic heterocycles. The second kappa shape index (κ2) is 10.8. The minimum Gasteiger partial charge on any atom is -0.467 e. The number of pyridine rings is 1. The van der Waals surface area contributed by atoms with Gasteiger partial charge in [0.1, 0.15) is 23.2 Å². The fourth-order valence-corrected chi connectivity index (χ4v) is 3.30. The maximum absolute atomic E-state index is 12.1. The summed E-state index contributed by atoms with van der Waals surface area (Å²) in [5, 5.41) is 14.2. The number of carbonyl (C=O) groups excluding carboxylic acids is 1. The van der Waals surface area contributed by atoms with Crippen molar-refractivity contribution in [2.45, 2.75) is 13.5 Å². The van der Waals surface area contributed by atoms with E-state index in [-0.39, 0.29) is 24.7 Å².